The van der Waals surface area contributed by atoms with E-state index in [4.69, 9.17) is 0 Å². The van der Waals surface area contributed by atoms with E-state index in [0.29, 0.717) is 11.5 Å². The van der Waals surface area contributed by atoms with Gasteiger partial charge >= 0.3 is 0 Å². The van der Waals surface area contributed by atoms with Crippen LogP contribution >= 0.6 is 22.6 Å². The maximum Gasteiger partial charge on any atom is 0.277 e. The fourth-order valence-electron chi connectivity index (χ4n) is 1.19. The Balaban J connectivity index is 2.13. The normalized spacial score (nSPS) is 10.1. The third-order valence-electron chi connectivity index (χ3n) is 1.90. The molecular formula is C10H9IN4O. The van der Waals surface area contributed by atoms with Gasteiger partial charge in [0.1, 0.15) is 5.82 Å². The maximum atomic E-state index is 11.7. The number of anilines is 1. The molecule has 6 heteroatoms. The second kappa shape index (κ2) is 4.60. The molecule has 0 radical (unpaired) electrons. The zero-order valence-electron chi connectivity index (χ0n) is 8.49. The first-order chi connectivity index (χ1) is 7.65. The minimum absolute atomic E-state index is 0.265. The number of aromatic nitrogens is 3. The van der Waals surface area contributed by atoms with E-state index in [1.165, 1.54) is 0 Å². The van der Waals surface area contributed by atoms with Crippen molar-refractivity contribution in [3.63, 3.8) is 0 Å². The summed E-state index contributed by atoms with van der Waals surface area (Å²) in [6, 6.07) is 5.33. The fourth-order valence-corrected chi connectivity index (χ4v) is 1.64. The van der Waals surface area contributed by atoms with Gasteiger partial charge in [-0.2, -0.15) is 5.10 Å². The van der Waals surface area contributed by atoms with Crippen molar-refractivity contribution in [1.29, 1.82) is 0 Å². The smallest absolute Gasteiger partial charge is 0.277 e. The van der Waals surface area contributed by atoms with Crippen LogP contribution in [0.15, 0.2) is 24.4 Å². The van der Waals surface area contributed by atoms with Crippen molar-refractivity contribution in [3.8, 4) is 0 Å². The van der Waals surface area contributed by atoms with E-state index in [-0.39, 0.29) is 5.91 Å². The van der Waals surface area contributed by atoms with Crippen LogP contribution < -0.4 is 5.32 Å². The highest BCUT2D eigenvalue weighted by atomic mass is 127. The van der Waals surface area contributed by atoms with E-state index in [9.17, 15) is 4.79 Å². The van der Waals surface area contributed by atoms with Gasteiger partial charge < -0.3 is 5.32 Å². The Hall–Kier alpha value is -1.44. The molecule has 82 valence electrons. The van der Waals surface area contributed by atoms with E-state index in [1.807, 2.05) is 13.0 Å². The number of aromatic amines is 1. The minimum atomic E-state index is -0.265. The first kappa shape index (κ1) is 11.1. The summed E-state index contributed by atoms with van der Waals surface area (Å²) in [4.78, 5) is 15.7. The van der Waals surface area contributed by atoms with Crippen molar-refractivity contribution in [2.75, 3.05) is 5.32 Å². The molecule has 2 aromatic rings. The molecule has 0 spiro atoms. The molecule has 1 amide bonds. The van der Waals surface area contributed by atoms with Gasteiger partial charge in [0.25, 0.3) is 5.91 Å². The largest absolute Gasteiger partial charge is 0.305 e. The summed E-state index contributed by atoms with van der Waals surface area (Å²) in [5.74, 6) is 0.261. The molecule has 5 nitrogen and oxygen atoms in total. The Labute approximate surface area is 106 Å². The molecule has 0 aliphatic heterocycles. The van der Waals surface area contributed by atoms with Crippen molar-refractivity contribution in [2.45, 2.75) is 6.92 Å². The highest BCUT2D eigenvalue weighted by molar-refractivity contribution is 14.1. The molecule has 0 bridgehead atoms. The molecule has 16 heavy (non-hydrogen) atoms. The zero-order chi connectivity index (χ0) is 11.5. The molecule has 0 unspecified atom stereocenters. The summed E-state index contributed by atoms with van der Waals surface area (Å²) in [5.41, 5.74) is 1.21. The quantitative estimate of drug-likeness (QED) is 0.828. The number of pyridine rings is 1. The van der Waals surface area contributed by atoms with Crippen molar-refractivity contribution in [2.24, 2.45) is 0 Å². The molecule has 0 fully saturated rings. The van der Waals surface area contributed by atoms with Crippen molar-refractivity contribution < 1.29 is 4.79 Å². The van der Waals surface area contributed by atoms with E-state index in [1.54, 1.807) is 18.3 Å². The topological polar surface area (TPSA) is 70.7 Å². The van der Waals surface area contributed by atoms with Crippen LogP contribution in [0, 0.1) is 10.5 Å². The molecular weight excluding hydrogens is 319 g/mol. The minimum Gasteiger partial charge on any atom is -0.305 e. The number of aryl methyl sites for hydroxylation is 1. The van der Waals surface area contributed by atoms with Crippen LogP contribution in [0.3, 0.4) is 0 Å². The highest BCUT2D eigenvalue weighted by Crippen LogP contribution is 2.10. The van der Waals surface area contributed by atoms with E-state index < -0.39 is 0 Å². The number of carbonyl (C=O) groups excluding carboxylic acids is 1. The number of nitrogens with one attached hydrogen (secondary N) is 2. The third-order valence-corrected chi connectivity index (χ3v) is 2.57. The van der Waals surface area contributed by atoms with Crippen LogP contribution in [0.25, 0.3) is 0 Å². The van der Waals surface area contributed by atoms with Crippen LogP contribution in [0.4, 0.5) is 5.82 Å². The number of halogens is 1. The first-order valence-corrected chi connectivity index (χ1v) is 5.68. The van der Waals surface area contributed by atoms with Gasteiger partial charge in [0.2, 0.25) is 0 Å². The van der Waals surface area contributed by atoms with Gasteiger partial charge in [-0.15, -0.1) is 0 Å². The molecule has 0 atom stereocenters. The number of hydrogen-bond donors (Lipinski definition) is 2. The molecule has 0 saturated carbocycles. The van der Waals surface area contributed by atoms with Gasteiger partial charge in [-0.3, -0.25) is 9.89 Å². The maximum absolute atomic E-state index is 11.7. The number of amides is 1. The lowest BCUT2D eigenvalue weighted by Crippen LogP contribution is -2.13. The second-order valence-corrected chi connectivity index (χ2v) is 4.50. The van der Waals surface area contributed by atoms with Crippen molar-refractivity contribution in [3.05, 3.63) is 39.4 Å². The molecule has 0 aliphatic carbocycles. The molecule has 0 aliphatic rings. The van der Waals surface area contributed by atoms with Crippen molar-refractivity contribution >= 4 is 34.3 Å². The summed E-state index contributed by atoms with van der Waals surface area (Å²) in [6.45, 7) is 1.84. The van der Waals surface area contributed by atoms with Gasteiger partial charge in [0.15, 0.2) is 5.69 Å². The number of H-pyrrole nitrogens is 1. The van der Waals surface area contributed by atoms with Gasteiger partial charge in [-0.25, -0.2) is 4.98 Å². The van der Waals surface area contributed by atoms with Gasteiger partial charge in [-0.05, 0) is 47.7 Å². The Morgan fingerprint density at radius 3 is 2.94 bits per heavy atom. The number of rotatable bonds is 2. The summed E-state index contributed by atoms with van der Waals surface area (Å²) < 4.78 is 1.01. The predicted octanol–water partition coefficient (Wildman–Crippen LogP) is 1.97. The van der Waals surface area contributed by atoms with Crippen LogP contribution in [-0.2, 0) is 0 Å². The highest BCUT2D eigenvalue weighted by Gasteiger charge is 2.09. The van der Waals surface area contributed by atoms with E-state index >= 15 is 0 Å². The van der Waals surface area contributed by atoms with Crippen LogP contribution in [0.1, 0.15) is 16.2 Å². The molecule has 2 aromatic heterocycles. The monoisotopic (exact) mass is 328 g/mol. The number of carbonyl (C=O) groups is 1. The van der Waals surface area contributed by atoms with Crippen LogP contribution in [0.5, 0.6) is 0 Å². The average molecular weight is 328 g/mol. The lowest BCUT2D eigenvalue weighted by Gasteiger charge is -2.01. The molecule has 2 heterocycles. The molecule has 2 rings (SSSR count). The standard InChI is InChI=1S/C10H9IN4O/c1-6-4-8(15-14-6)10(16)13-9-5-7(11)2-3-12-9/h2-5H,1H3,(H,14,15)(H,12,13,16). The Morgan fingerprint density at radius 2 is 2.31 bits per heavy atom. The lowest BCUT2D eigenvalue weighted by molar-refractivity contribution is 0.102. The fraction of sp³-hybridized carbons (Fsp3) is 0.100. The second-order valence-electron chi connectivity index (χ2n) is 3.25. The predicted molar refractivity (Wildman–Crippen MR) is 68.2 cm³/mol. The Morgan fingerprint density at radius 1 is 1.50 bits per heavy atom. The Bertz CT molecular complexity index is 523. The van der Waals surface area contributed by atoms with Crippen molar-refractivity contribution in [1.82, 2.24) is 15.2 Å². The molecule has 0 saturated heterocycles. The first-order valence-electron chi connectivity index (χ1n) is 4.60. The lowest BCUT2D eigenvalue weighted by atomic mass is 10.3. The summed E-state index contributed by atoms with van der Waals surface area (Å²) in [7, 11) is 0. The summed E-state index contributed by atoms with van der Waals surface area (Å²) in [5, 5.41) is 9.26. The summed E-state index contributed by atoms with van der Waals surface area (Å²) >= 11 is 2.16. The molecule has 2 N–H and O–H groups in total. The van der Waals surface area contributed by atoms with Gasteiger partial charge in [0.05, 0.1) is 0 Å². The molecule has 0 aromatic carbocycles. The van der Waals surface area contributed by atoms with Gasteiger partial charge in [0, 0.05) is 15.5 Å². The average Bonchev–Trinajstić information content (AvgIpc) is 2.65. The van der Waals surface area contributed by atoms with Crippen LogP contribution in [-0.4, -0.2) is 21.1 Å². The zero-order valence-corrected chi connectivity index (χ0v) is 10.6. The number of hydrogen-bond acceptors (Lipinski definition) is 3. The van der Waals surface area contributed by atoms with Gasteiger partial charge in [-0.1, -0.05) is 0 Å². The third kappa shape index (κ3) is 2.57. The van der Waals surface area contributed by atoms with Crippen LogP contribution in [0.2, 0.25) is 0 Å². The SMILES string of the molecule is Cc1cc(C(=O)Nc2cc(I)ccn2)n[nH]1. The number of nitrogens with zero attached hydrogens (tertiary/aromatic N) is 2. The Kier molecular flexibility index (Phi) is 3.18. The van der Waals surface area contributed by atoms with E-state index in [0.717, 1.165) is 9.26 Å². The van der Waals surface area contributed by atoms with E-state index in [2.05, 4.69) is 43.1 Å². The summed E-state index contributed by atoms with van der Waals surface area (Å²) in [6.07, 6.45) is 1.65.